The number of ether oxygens (including phenoxy) is 2. The van der Waals surface area contributed by atoms with Crippen molar-refractivity contribution in [3.8, 4) is 5.88 Å². The van der Waals surface area contributed by atoms with Gasteiger partial charge in [-0.05, 0) is 19.1 Å². The maximum Gasteiger partial charge on any atom is 0.343 e. The van der Waals surface area contributed by atoms with E-state index in [0.29, 0.717) is 5.82 Å². The van der Waals surface area contributed by atoms with Gasteiger partial charge in [0, 0.05) is 0 Å². The first kappa shape index (κ1) is 13.8. The minimum atomic E-state index is -1.01. The number of rotatable bonds is 5. The summed E-state index contributed by atoms with van der Waals surface area (Å²) in [6, 6.07) is 2.13. The topological polar surface area (TPSA) is 97.8 Å². The van der Waals surface area contributed by atoms with Gasteiger partial charge in [-0.1, -0.05) is 0 Å². The summed E-state index contributed by atoms with van der Waals surface area (Å²) in [5.41, 5.74) is 0.175. The van der Waals surface area contributed by atoms with Crippen LogP contribution in [0, 0.1) is 0 Å². The third-order valence-electron chi connectivity index (χ3n) is 2.19. The molecule has 0 amide bonds. The minimum Gasteiger partial charge on any atom is -0.480 e. The monoisotopic (exact) mass is 254 g/mol. The van der Waals surface area contributed by atoms with E-state index in [1.807, 2.05) is 0 Å². The molecule has 0 saturated heterocycles. The van der Waals surface area contributed by atoms with Crippen molar-refractivity contribution in [1.29, 1.82) is 0 Å². The van der Waals surface area contributed by atoms with Gasteiger partial charge in [-0.15, -0.1) is 0 Å². The molecule has 1 aromatic heterocycles. The average Bonchev–Trinajstić information content (AvgIpc) is 2.37. The van der Waals surface area contributed by atoms with Crippen molar-refractivity contribution < 1.29 is 24.2 Å². The molecule has 0 aliphatic heterocycles. The zero-order valence-corrected chi connectivity index (χ0v) is 10.3. The van der Waals surface area contributed by atoms with Gasteiger partial charge in [-0.25, -0.2) is 4.79 Å². The van der Waals surface area contributed by atoms with E-state index in [9.17, 15) is 9.59 Å². The summed E-state index contributed by atoms with van der Waals surface area (Å²) in [6.45, 7) is 1.48. The van der Waals surface area contributed by atoms with Crippen LogP contribution in [0.3, 0.4) is 0 Å². The molecule has 0 spiro atoms. The predicted molar refractivity (Wildman–Crippen MR) is 62.8 cm³/mol. The summed E-state index contributed by atoms with van der Waals surface area (Å²) in [5.74, 6) is -1.20. The second-order valence-electron chi connectivity index (χ2n) is 3.45. The molecule has 1 aromatic rings. The predicted octanol–water partition coefficient (Wildman–Crippen LogP) is 0.762. The highest BCUT2D eigenvalue weighted by atomic mass is 16.5. The number of nitrogens with zero attached hydrogens (tertiary/aromatic N) is 1. The average molecular weight is 254 g/mol. The van der Waals surface area contributed by atoms with E-state index in [-0.39, 0.29) is 11.4 Å². The number of aromatic nitrogens is 1. The van der Waals surface area contributed by atoms with Gasteiger partial charge in [0.2, 0.25) is 5.88 Å². The van der Waals surface area contributed by atoms with Crippen LogP contribution in [-0.4, -0.2) is 42.3 Å². The Balaban J connectivity index is 2.98. The number of pyridine rings is 1. The molecular formula is C11H14N2O5. The Morgan fingerprint density at radius 3 is 2.56 bits per heavy atom. The van der Waals surface area contributed by atoms with Crippen molar-refractivity contribution in [2.75, 3.05) is 19.5 Å². The number of nitrogens with one attached hydrogen (secondary N) is 1. The quantitative estimate of drug-likeness (QED) is 0.748. The molecule has 0 fully saturated rings. The van der Waals surface area contributed by atoms with Crippen LogP contribution in [0.15, 0.2) is 12.1 Å². The van der Waals surface area contributed by atoms with Gasteiger partial charge >= 0.3 is 11.9 Å². The Morgan fingerprint density at radius 2 is 2.06 bits per heavy atom. The normalized spacial score (nSPS) is 11.5. The molecular weight excluding hydrogens is 240 g/mol. The lowest BCUT2D eigenvalue weighted by Crippen LogP contribution is -2.26. The van der Waals surface area contributed by atoms with E-state index in [0.717, 1.165) is 0 Å². The number of methoxy groups -OCH3 is 2. The Morgan fingerprint density at radius 1 is 1.39 bits per heavy atom. The molecule has 1 atom stereocenters. The molecule has 2 N–H and O–H groups in total. The van der Waals surface area contributed by atoms with Crippen molar-refractivity contribution in [3.05, 3.63) is 17.7 Å². The maximum atomic E-state index is 11.4. The fourth-order valence-electron chi connectivity index (χ4n) is 1.23. The van der Waals surface area contributed by atoms with Gasteiger partial charge in [0.05, 0.1) is 14.2 Å². The molecule has 0 aliphatic rings. The summed E-state index contributed by atoms with van der Waals surface area (Å²) in [6.07, 6.45) is 0. The van der Waals surface area contributed by atoms with Crippen LogP contribution in [0.1, 0.15) is 17.3 Å². The molecule has 98 valence electrons. The van der Waals surface area contributed by atoms with Crippen LogP contribution in [0.25, 0.3) is 0 Å². The third-order valence-corrected chi connectivity index (χ3v) is 2.19. The number of carbonyl (C=O) groups excluding carboxylic acids is 1. The Bertz CT molecular complexity index is 461. The molecule has 7 nitrogen and oxygen atoms in total. The molecule has 1 heterocycles. The van der Waals surface area contributed by atoms with Gasteiger partial charge in [0.25, 0.3) is 0 Å². The number of hydrogen-bond donors (Lipinski definition) is 2. The molecule has 7 heteroatoms. The Hall–Kier alpha value is -2.31. The summed E-state index contributed by atoms with van der Waals surface area (Å²) in [4.78, 5) is 26.0. The van der Waals surface area contributed by atoms with Gasteiger partial charge in [-0.3, -0.25) is 4.79 Å². The van der Waals surface area contributed by atoms with Crippen LogP contribution in [0.4, 0.5) is 5.82 Å². The number of anilines is 1. The van der Waals surface area contributed by atoms with E-state index < -0.39 is 18.0 Å². The third kappa shape index (κ3) is 3.09. The van der Waals surface area contributed by atoms with Gasteiger partial charge in [0.15, 0.2) is 0 Å². The lowest BCUT2D eigenvalue weighted by Gasteiger charge is -2.12. The molecule has 0 aromatic carbocycles. The van der Waals surface area contributed by atoms with Crippen molar-refractivity contribution in [2.45, 2.75) is 13.0 Å². The highest BCUT2D eigenvalue weighted by Crippen LogP contribution is 2.19. The van der Waals surface area contributed by atoms with Gasteiger partial charge in [-0.2, -0.15) is 4.98 Å². The molecule has 0 aliphatic carbocycles. The fourth-order valence-corrected chi connectivity index (χ4v) is 1.23. The summed E-state index contributed by atoms with van der Waals surface area (Å²) < 4.78 is 9.52. The van der Waals surface area contributed by atoms with E-state index in [2.05, 4.69) is 15.0 Å². The van der Waals surface area contributed by atoms with Crippen LogP contribution in [0.2, 0.25) is 0 Å². The van der Waals surface area contributed by atoms with Crippen molar-refractivity contribution in [3.63, 3.8) is 0 Å². The number of carboxylic acid groups (broad SMARTS) is 1. The number of hydrogen-bond acceptors (Lipinski definition) is 6. The maximum absolute atomic E-state index is 11.4. The smallest absolute Gasteiger partial charge is 0.343 e. The number of aliphatic carboxylic acids is 1. The lowest BCUT2D eigenvalue weighted by atomic mass is 10.2. The Labute approximate surface area is 104 Å². The summed E-state index contributed by atoms with van der Waals surface area (Å²) >= 11 is 0. The van der Waals surface area contributed by atoms with Crippen LogP contribution in [0.5, 0.6) is 5.88 Å². The first-order valence-electron chi connectivity index (χ1n) is 5.12. The van der Waals surface area contributed by atoms with Crippen molar-refractivity contribution >= 4 is 17.8 Å². The molecule has 0 radical (unpaired) electrons. The fraction of sp³-hybridized carbons (Fsp3) is 0.364. The van der Waals surface area contributed by atoms with E-state index in [1.165, 1.54) is 33.3 Å². The van der Waals surface area contributed by atoms with E-state index >= 15 is 0 Å². The largest absolute Gasteiger partial charge is 0.480 e. The Kier molecular flexibility index (Phi) is 4.47. The van der Waals surface area contributed by atoms with Crippen molar-refractivity contribution in [1.82, 2.24) is 4.98 Å². The SMILES string of the molecule is COC(=O)c1ccc(NC(C)C(=O)O)nc1OC. The van der Waals surface area contributed by atoms with Crippen LogP contribution < -0.4 is 10.1 Å². The minimum absolute atomic E-state index is 0.0736. The number of carboxylic acids is 1. The highest BCUT2D eigenvalue weighted by molar-refractivity contribution is 5.92. The molecule has 0 saturated carbocycles. The molecule has 0 bridgehead atoms. The number of carbonyl (C=O) groups is 2. The van der Waals surface area contributed by atoms with Crippen molar-refractivity contribution in [2.24, 2.45) is 0 Å². The van der Waals surface area contributed by atoms with Gasteiger partial charge in [0.1, 0.15) is 17.4 Å². The molecule has 1 unspecified atom stereocenters. The summed E-state index contributed by atoms with van der Waals surface area (Å²) in [5, 5.41) is 11.4. The molecule has 18 heavy (non-hydrogen) atoms. The number of esters is 1. The zero-order chi connectivity index (χ0) is 13.7. The second-order valence-corrected chi connectivity index (χ2v) is 3.45. The molecule has 1 rings (SSSR count). The van der Waals surface area contributed by atoms with Crippen LogP contribution in [-0.2, 0) is 9.53 Å². The second kappa shape index (κ2) is 5.85. The van der Waals surface area contributed by atoms with E-state index in [1.54, 1.807) is 0 Å². The first-order chi connectivity index (χ1) is 8.49. The first-order valence-corrected chi connectivity index (χ1v) is 5.12. The zero-order valence-electron chi connectivity index (χ0n) is 10.3. The van der Waals surface area contributed by atoms with Gasteiger partial charge < -0.3 is 19.9 Å². The highest BCUT2D eigenvalue weighted by Gasteiger charge is 2.16. The van der Waals surface area contributed by atoms with Crippen LogP contribution >= 0.6 is 0 Å². The van der Waals surface area contributed by atoms with E-state index in [4.69, 9.17) is 9.84 Å². The summed E-state index contributed by atoms with van der Waals surface area (Å²) in [7, 11) is 2.61. The lowest BCUT2D eigenvalue weighted by molar-refractivity contribution is -0.137. The standard InChI is InChI=1S/C11H14N2O5/c1-6(10(14)15)12-8-5-4-7(11(16)18-3)9(13-8)17-2/h4-6H,1-3H3,(H,12,13)(H,14,15).